The zero-order chi connectivity index (χ0) is 12.4. The molecule has 0 fully saturated rings. The molecule has 0 aromatic rings. The molecule has 0 saturated heterocycles. The molecular weight excluding hydrogens is 408 g/mol. The van der Waals surface area contributed by atoms with E-state index >= 15 is 0 Å². The van der Waals surface area contributed by atoms with Gasteiger partial charge in [-0.3, -0.25) is 15.2 Å². The van der Waals surface area contributed by atoms with Gasteiger partial charge in [-0.15, -0.1) is 6.92 Å². The zero-order valence-corrected chi connectivity index (χ0v) is 13.2. The van der Waals surface area contributed by atoms with Gasteiger partial charge in [0.15, 0.2) is 0 Å². The van der Waals surface area contributed by atoms with Crippen molar-refractivity contribution in [3.8, 4) is 0 Å². The van der Waals surface area contributed by atoms with E-state index in [0.717, 1.165) is 0 Å². The van der Waals surface area contributed by atoms with Gasteiger partial charge in [-0.2, -0.15) is 19.6 Å². The average Bonchev–Trinajstić information content (AvgIpc) is 2.11. The Kier molecular flexibility index (Phi) is 6.97. The molecule has 0 heterocycles. The van der Waals surface area contributed by atoms with Crippen LogP contribution in [0.3, 0.4) is 0 Å². The van der Waals surface area contributed by atoms with Crippen molar-refractivity contribution in [1.82, 2.24) is 0 Å². The van der Waals surface area contributed by atoms with Crippen LogP contribution in [0, 0.1) is 11.5 Å². The van der Waals surface area contributed by atoms with E-state index in [1.165, 1.54) is 16.7 Å². The van der Waals surface area contributed by atoms with Crippen LogP contribution in [-0.2, 0) is 30.5 Å². The summed E-state index contributed by atoms with van der Waals surface area (Å²) in [5, 5.41) is 0. The Bertz CT molecular complexity index is 397. The summed E-state index contributed by atoms with van der Waals surface area (Å²) in [5.41, 5.74) is 4.39. The Morgan fingerprint density at radius 3 is 1.50 bits per heavy atom. The fourth-order valence-electron chi connectivity index (χ4n) is 1.41. The Hall–Kier alpha value is -0.000649. The third-order valence-electron chi connectivity index (χ3n) is 2.56. The van der Waals surface area contributed by atoms with Gasteiger partial charge in [-0.05, 0) is 0 Å². The molecule has 97 valence electrons. The van der Waals surface area contributed by atoms with E-state index in [-0.39, 0.29) is 25.5 Å². The average molecular weight is 426 g/mol. The van der Waals surface area contributed by atoms with E-state index in [1.807, 2.05) is 0 Å². The van der Waals surface area contributed by atoms with Crippen molar-refractivity contribution in [2.45, 2.75) is 34.6 Å². The van der Waals surface area contributed by atoms with Crippen LogP contribution >= 0.6 is 0 Å². The summed E-state index contributed by atoms with van der Waals surface area (Å²) in [6.07, 6.45) is 3.44. The molecule has 2 N–H and O–H groups in total. The second kappa shape index (κ2) is 6.07. The maximum absolute atomic E-state index is 8.74. The first-order chi connectivity index (χ1) is 6.45. The van der Waals surface area contributed by atoms with Crippen molar-refractivity contribution in [3.05, 3.63) is 22.8 Å². The fraction of sp³-hybridized carbons (Fsp3) is 0.600. The summed E-state index contributed by atoms with van der Waals surface area (Å²) in [6.45, 7) is 10.9. The standard InChI is InChI=1S/C10H15.Ir.H2O4S/c1-7-6-10(4,5)9(3)8(7)2;;1-5(2,3)4/h1-5H3;;(H2,1,2,3,4)/q-1;;. The molecule has 0 bridgehead atoms. The number of hydrogen-bond donors (Lipinski definition) is 2. The van der Waals surface area contributed by atoms with Crippen LogP contribution in [0.15, 0.2) is 16.7 Å². The molecule has 1 rings (SSSR count). The predicted molar refractivity (Wildman–Crippen MR) is 58.8 cm³/mol. The maximum Gasteiger partial charge on any atom is 0.394 e. The molecule has 16 heavy (non-hydrogen) atoms. The van der Waals surface area contributed by atoms with E-state index in [4.69, 9.17) is 17.5 Å². The van der Waals surface area contributed by atoms with Crippen molar-refractivity contribution < 1.29 is 37.6 Å². The van der Waals surface area contributed by atoms with Crippen molar-refractivity contribution in [3.63, 3.8) is 0 Å². The summed E-state index contributed by atoms with van der Waals surface area (Å²) in [6, 6.07) is 0. The smallest absolute Gasteiger partial charge is 0.264 e. The molecule has 0 spiro atoms. The van der Waals surface area contributed by atoms with Gasteiger partial charge in [-0.1, -0.05) is 33.1 Å². The molecule has 1 aliphatic rings. The maximum atomic E-state index is 8.74. The van der Waals surface area contributed by atoms with Crippen LogP contribution < -0.4 is 0 Å². The van der Waals surface area contributed by atoms with Crippen LogP contribution in [0.25, 0.3) is 0 Å². The van der Waals surface area contributed by atoms with Gasteiger partial charge < -0.3 is 0 Å². The van der Waals surface area contributed by atoms with Crippen LogP contribution in [0.4, 0.5) is 0 Å². The van der Waals surface area contributed by atoms with E-state index in [9.17, 15) is 0 Å². The van der Waals surface area contributed by atoms with Crippen molar-refractivity contribution in [1.29, 1.82) is 0 Å². The van der Waals surface area contributed by atoms with E-state index < -0.39 is 10.4 Å². The Labute approximate surface area is 111 Å². The largest absolute Gasteiger partial charge is 0.394 e. The molecule has 0 saturated carbocycles. The van der Waals surface area contributed by atoms with Crippen LogP contribution in [0.5, 0.6) is 0 Å². The van der Waals surface area contributed by atoms with Gasteiger partial charge >= 0.3 is 10.4 Å². The summed E-state index contributed by atoms with van der Waals surface area (Å²) in [7, 11) is -4.67. The van der Waals surface area contributed by atoms with E-state index in [0.29, 0.717) is 0 Å². The molecular formula is C10H17IrO4S-. The Morgan fingerprint density at radius 2 is 1.44 bits per heavy atom. The normalized spacial score (nSPS) is 18.3. The summed E-state index contributed by atoms with van der Waals surface area (Å²) in [5.74, 6) is 0. The van der Waals surface area contributed by atoms with Gasteiger partial charge in [0, 0.05) is 20.1 Å². The molecule has 0 atom stereocenters. The van der Waals surface area contributed by atoms with Gasteiger partial charge in [-0.25, -0.2) is 5.57 Å². The number of rotatable bonds is 0. The first kappa shape index (κ1) is 18.4. The quantitative estimate of drug-likeness (QED) is 0.462. The van der Waals surface area contributed by atoms with E-state index in [1.54, 1.807) is 0 Å². The SMILES string of the molecule is CC1=[C-]C(C)(C)C(C)=C1C.O=S(=O)(O)O.[Ir]. The van der Waals surface area contributed by atoms with Gasteiger partial charge in [0.05, 0.1) is 0 Å². The van der Waals surface area contributed by atoms with Crippen molar-refractivity contribution >= 4 is 10.4 Å². The third-order valence-corrected chi connectivity index (χ3v) is 2.56. The second-order valence-electron chi connectivity index (χ2n) is 4.07. The number of allylic oxidation sites excluding steroid dienone is 4. The Morgan fingerprint density at radius 1 is 1.12 bits per heavy atom. The topological polar surface area (TPSA) is 74.6 Å². The van der Waals surface area contributed by atoms with Gasteiger partial charge in [0.2, 0.25) is 0 Å². The van der Waals surface area contributed by atoms with Crippen molar-refractivity contribution in [2.24, 2.45) is 5.41 Å². The summed E-state index contributed by atoms with van der Waals surface area (Å²) < 4.78 is 31.6. The third kappa shape index (κ3) is 6.55. The fourth-order valence-corrected chi connectivity index (χ4v) is 1.41. The molecule has 0 amide bonds. The second-order valence-corrected chi connectivity index (χ2v) is 4.97. The van der Waals surface area contributed by atoms with Crippen molar-refractivity contribution in [2.75, 3.05) is 0 Å². The summed E-state index contributed by atoms with van der Waals surface area (Å²) in [4.78, 5) is 0. The van der Waals surface area contributed by atoms with Crippen LogP contribution in [0.1, 0.15) is 34.6 Å². The minimum absolute atomic E-state index is 0. The van der Waals surface area contributed by atoms with Crippen LogP contribution in [0.2, 0.25) is 0 Å². The summed E-state index contributed by atoms with van der Waals surface area (Å²) >= 11 is 0. The molecule has 1 radical (unpaired) electrons. The molecule has 0 aromatic carbocycles. The molecule has 1 aliphatic carbocycles. The van der Waals surface area contributed by atoms with Crippen LogP contribution in [-0.4, -0.2) is 17.5 Å². The van der Waals surface area contributed by atoms with Gasteiger partial charge in [0.1, 0.15) is 0 Å². The number of hydrogen-bond acceptors (Lipinski definition) is 2. The predicted octanol–water partition coefficient (Wildman–Crippen LogP) is 2.46. The first-order valence-corrected chi connectivity index (χ1v) is 5.85. The minimum Gasteiger partial charge on any atom is -0.264 e. The van der Waals surface area contributed by atoms with Gasteiger partial charge in [0.25, 0.3) is 0 Å². The Balaban J connectivity index is 0. The molecule has 0 unspecified atom stereocenters. The zero-order valence-electron chi connectivity index (χ0n) is 9.95. The molecule has 0 aromatic heterocycles. The first-order valence-electron chi connectivity index (χ1n) is 4.45. The molecule has 4 nitrogen and oxygen atoms in total. The molecule has 6 heteroatoms. The molecule has 0 aliphatic heterocycles. The van der Waals surface area contributed by atoms with E-state index in [2.05, 4.69) is 40.7 Å². The monoisotopic (exact) mass is 426 g/mol. The minimum atomic E-state index is -4.67.